The monoisotopic (exact) mass is 449 g/mol. The second-order valence-electron chi connectivity index (χ2n) is 9.42. The molecule has 0 spiro atoms. The highest BCUT2D eigenvalue weighted by Crippen LogP contribution is 2.26. The summed E-state index contributed by atoms with van der Waals surface area (Å²) in [5.41, 5.74) is 2.98. The van der Waals surface area contributed by atoms with E-state index in [1.807, 2.05) is 6.07 Å². The molecule has 0 radical (unpaired) electrons. The number of carbonyl (C=O) groups is 2. The number of esters is 1. The van der Waals surface area contributed by atoms with E-state index in [1.165, 1.54) is 0 Å². The Morgan fingerprint density at radius 2 is 1.62 bits per heavy atom. The van der Waals surface area contributed by atoms with E-state index in [0.717, 1.165) is 23.0 Å². The van der Waals surface area contributed by atoms with Crippen LogP contribution in [0.25, 0.3) is 0 Å². The Morgan fingerprint density at radius 1 is 0.938 bits per heavy atom. The van der Waals surface area contributed by atoms with Crippen LogP contribution in [-0.4, -0.2) is 56.1 Å². The van der Waals surface area contributed by atoms with Crippen molar-refractivity contribution in [3.05, 3.63) is 36.4 Å². The van der Waals surface area contributed by atoms with Crippen LogP contribution in [0.1, 0.15) is 47.1 Å². The molecule has 32 heavy (non-hydrogen) atoms. The molecule has 3 N–H and O–H groups in total. The van der Waals surface area contributed by atoms with E-state index in [-0.39, 0.29) is 30.9 Å². The lowest BCUT2D eigenvalue weighted by atomic mass is 10.0. The maximum atomic E-state index is 11.9. The number of carbonyl (C=O) groups excluding carboxylic acids is 2. The second kappa shape index (κ2) is 13.0. The summed E-state index contributed by atoms with van der Waals surface area (Å²) in [5, 5.41) is 9.65. The van der Waals surface area contributed by atoms with Crippen LogP contribution in [0.3, 0.4) is 0 Å². The van der Waals surface area contributed by atoms with E-state index >= 15 is 0 Å². The highest BCUT2D eigenvalue weighted by molar-refractivity contribution is 5.81. The zero-order valence-electron chi connectivity index (χ0n) is 20.3. The summed E-state index contributed by atoms with van der Waals surface area (Å²) in [4.78, 5) is 22.8. The number of benzene rings is 1. The Morgan fingerprint density at radius 3 is 2.25 bits per heavy atom. The number of hydrogen-bond donors (Lipinski definition) is 3. The molecule has 0 aliphatic rings. The summed E-state index contributed by atoms with van der Waals surface area (Å²) in [6.45, 7) is 17.2. The lowest BCUT2D eigenvalue weighted by molar-refractivity contribution is -0.139. The van der Waals surface area contributed by atoms with E-state index in [1.54, 1.807) is 0 Å². The highest BCUT2D eigenvalue weighted by atomic mass is 16.6. The van der Waals surface area contributed by atoms with E-state index in [9.17, 15) is 9.59 Å². The third-order valence-electron chi connectivity index (χ3n) is 3.90. The zero-order valence-corrected chi connectivity index (χ0v) is 20.3. The molecule has 0 aromatic heterocycles. The van der Waals surface area contributed by atoms with Gasteiger partial charge < -0.3 is 30.2 Å². The summed E-state index contributed by atoms with van der Waals surface area (Å²) in [6, 6.07) is 6.18. The van der Waals surface area contributed by atoms with Gasteiger partial charge in [-0.2, -0.15) is 0 Å². The molecule has 0 heterocycles. The third-order valence-corrected chi connectivity index (χ3v) is 3.90. The summed E-state index contributed by atoms with van der Waals surface area (Å²) >= 11 is 0. The molecule has 0 bridgehead atoms. The van der Waals surface area contributed by atoms with Crippen molar-refractivity contribution in [3.8, 4) is 0 Å². The van der Waals surface area contributed by atoms with Gasteiger partial charge in [-0.15, -0.1) is 0 Å². The van der Waals surface area contributed by atoms with Gasteiger partial charge in [-0.1, -0.05) is 12.6 Å². The third kappa shape index (κ3) is 12.8. The van der Waals surface area contributed by atoms with Gasteiger partial charge in [0.05, 0.1) is 19.8 Å². The van der Waals surface area contributed by atoms with Crippen LogP contribution in [0.15, 0.2) is 30.9 Å². The van der Waals surface area contributed by atoms with E-state index < -0.39 is 12.1 Å². The first-order chi connectivity index (χ1) is 14.9. The van der Waals surface area contributed by atoms with E-state index in [2.05, 4.69) is 76.2 Å². The van der Waals surface area contributed by atoms with Crippen LogP contribution in [0.4, 0.5) is 16.2 Å². The number of ether oxygens (including phenoxy) is 3. The van der Waals surface area contributed by atoms with Gasteiger partial charge in [-0.05, 0) is 59.2 Å². The Balaban J connectivity index is 2.44. The Hall–Kier alpha value is -2.74. The molecule has 1 aromatic rings. The van der Waals surface area contributed by atoms with Crippen LogP contribution in [0, 0.1) is 0 Å². The van der Waals surface area contributed by atoms with Crippen LogP contribution < -0.4 is 16.0 Å². The Kier molecular flexibility index (Phi) is 11.1. The SMILES string of the molecule is C=CC(=O)OCCOCCNC(=O)OCCc1ccc(NC(C)(C)C)cc1NC(C)(C)C. The summed E-state index contributed by atoms with van der Waals surface area (Å²) in [6.07, 6.45) is 1.19. The van der Waals surface area contributed by atoms with Crippen molar-refractivity contribution in [2.75, 3.05) is 43.6 Å². The fraction of sp³-hybridized carbons (Fsp3) is 0.583. The molecule has 8 nitrogen and oxygen atoms in total. The molecule has 180 valence electrons. The zero-order chi connectivity index (χ0) is 24.2. The van der Waals surface area contributed by atoms with E-state index in [4.69, 9.17) is 14.2 Å². The summed E-state index contributed by atoms with van der Waals surface area (Å²) < 4.78 is 15.3. The molecule has 0 saturated carbocycles. The van der Waals surface area contributed by atoms with Gasteiger partial charge in [0.2, 0.25) is 0 Å². The van der Waals surface area contributed by atoms with Crippen molar-refractivity contribution >= 4 is 23.4 Å². The maximum Gasteiger partial charge on any atom is 0.407 e. The second-order valence-corrected chi connectivity index (χ2v) is 9.42. The van der Waals surface area contributed by atoms with Gasteiger partial charge in [-0.25, -0.2) is 9.59 Å². The number of alkyl carbamates (subject to hydrolysis) is 1. The van der Waals surface area contributed by atoms with Gasteiger partial charge in [0, 0.05) is 41.5 Å². The summed E-state index contributed by atoms with van der Waals surface area (Å²) in [5.74, 6) is -0.490. The normalized spacial score (nSPS) is 11.4. The average molecular weight is 450 g/mol. The smallest absolute Gasteiger partial charge is 0.407 e. The van der Waals surface area contributed by atoms with Gasteiger partial charge in [0.15, 0.2) is 0 Å². The number of nitrogens with one attached hydrogen (secondary N) is 3. The molecule has 0 fully saturated rings. The van der Waals surface area contributed by atoms with Gasteiger partial charge in [-0.3, -0.25) is 0 Å². The number of rotatable bonds is 12. The first-order valence-corrected chi connectivity index (χ1v) is 10.9. The number of amides is 1. The largest absolute Gasteiger partial charge is 0.460 e. The Bertz CT molecular complexity index is 751. The van der Waals surface area contributed by atoms with Crippen LogP contribution in [0.5, 0.6) is 0 Å². The minimum absolute atomic E-state index is 0.0402. The topological polar surface area (TPSA) is 97.9 Å². The van der Waals surface area contributed by atoms with Crippen molar-refractivity contribution in [2.45, 2.75) is 59.0 Å². The van der Waals surface area contributed by atoms with Crippen LogP contribution >= 0.6 is 0 Å². The molecular formula is C24H39N3O5. The molecule has 0 atom stereocenters. The molecule has 1 rings (SSSR count). The molecule has 0 aliphatic heterocycles. The lowest BCUT2D eigenvalue weighted by Crippen LogP contribution is -2.29. The fourth-order valence-electron chi connectivity index (χ4n) is 2.72. The van der Waals surface area contributed by atoms with Gasteiger partial charge >= 0.3 is 12.1 Å². The average Bonchev–Trinajstić information content (AvgIpc) is 2.66. The lowest BCUT2D eigenvalue weighted by Gasteiger charge is -2.27. The van der Waals surface area contributed by atoms with Crippen molar-refractivity contribution in [1.29, 1.82) is 0 Å². The first-order valence-electron chi connectivity index (χ1n) is 10.9. The van der Waals surface area contributed by atoms with Gasteiger partial charge in [0.1, 0.15) is 6.61 Å². The molecule has 8 heteroatoms. The van der Waals surface area contributed by atoms with Gasteiger partial charge in [0.25, 0.3) is 0 Å². The molecule has 0 unspecified atom stereocenters. The molecule has 1 amide bonds. The van der Waals surface area contributed by atoms with Crippen LogP contribution in [-0.2, 0) is 25.4 Å². The minimum Gasteiger partial charge on any atom is -0.460 e. The van der Waals surface area contributed by atoms with Crippen molar-refractivity contribution in [3.63, 3.8) is 0 Å². The van der Waals surface area contributed by atoms with Crippen LogP contribution in [0.2, 0.25) is 0 Å². The summed E-state index contributed by atoms with van der Waals surface area (Å²) in [7, 11) is 0. The predicted molar refractivity (Wildman–Crippen MR) is 128 cm³/mol. The molecular weight excluding hydrogens is 410 g/mol. The minimum atomic E-state index is -0.497. The standard InChI is InChI=1S/C24H39N3O5/c1-8-21(28)31-16-15-30-14-12-25-22(29)32-13-11-18-9-10-19(26-23(2,3)4)17-20(18)27-24(5,6)7/h8-10,17,26-27H,1,11-16H2,2-7H3,(H,25,29). The van der Waals surface area contributed by atoms with Crippen molar-refractivity contribution in [2.24, 2.45) is 0 Å². The Labute approximate surface area is 192 Å². The van der Waals surface area contributed by atoms with Crippen molar-refractivity contribution in [1.82, 2.24) is 5.32 Å². The number of hydrogen-bond acceptors (Lipinski definition) is 7. The number of anilines is 2. The molecule has 1 aromatic carbocycles. The predicted octanol–water partition coefficient (Wildman–Crippen LogP) is 4.12. The quantitative estimate of drug-likeness (QED) is 0.251. The van der Waals surface area contributed by atoms with E-state index in [0.29, 0.717) is 19.6 Å². The highest BCUT2D eigenvalue weighted by Gasteiger charge is 2.15. The van der Waals surface area contributed by atoms with Crippen molar-refractivity contribution < 1.29 is 23.8 Å². The first kappa shape index (κ1) is 27.3. The maximum absolute atomic E-state index is 11.9. The molecule has 0 aliphatic carbocycles. The fourth-order valence-corrected chi connectivity index (χ4v) is 2.72. The molecule has 0 saturated heterocycles.